The summed E-state index contributed by atoms with van der Waals surface area (Å²) in [5.74, 6) is -2.09. The van der Waals surface area contributed by atoms with Crippen LogP contribution >= 0.6 is 0 Å². The van der Waals surface area contributed by atoms with Gasteiger partial charge in [-0.25, -0.2) is 9.59 Å². The number of carboxylic acid groups (broad SMARTS) is 2. The third-order valence-corrected chi connectivity index (χ3v) is 3.81. The molecule has 0 spiro atoms. The highest BCUT2D eigenvalue weighted by atomic mass is 16.4. The van der Waals surface area contributed by atoms with Gasteiger partial charge in [-0.1, -0.05) is 18.2 Å². The standard InChI is InChI=1S/C19H12N2O4/c20-9-13-10-21(14-7-5-12(6-8-14)18(22)23)11-17(13)15-3-1-2-4-16(15)19(24)25/h1-8,10-11H,(H,22,23)(H,24,25). The first-order chi connectivity index (χ1) is 12.0. The molecule has 1 aromatic heterocycles. The minimum Gasteiger partial charge on any atom is -0.478 e. The van der Waals surface area contributed by atoms with E-state index < -0.39 is 11.9 Å². The number of nitriles is 1. The summed E-state index contributed by atoms with van der Waals surface area (Å²) in [6, 6.07) is 14.7. The number of aromatic carboxylic acids is 2. The fourth-order valence-corrected chi connectivity index (χ4v) is 2.59. The Balaban J connectivity index is 2.11. The van der Waals surface area contributed by atoms with Crippen molar-refractivity contribution < 1.29 is 19.8 Å². The van der Waals surface area contributed by atoms with Crippen molar-refractivity contribution in [2.75, 3.05) is 0 Å². The van der Waals surface area contributed by atoms with Crippen molar-refractivity contribution in [3.05, 3.63) is 77.6 Å². The summed E-state index contributed by atoms with van der Waals surface area (Å²) in [6.45, 7) is 0. The van der Waals surface area contributed by atoms with Gasteiger partial charge in [0.1, 0.15) is 6.07 Å². The summed E-state index contributed by atoms with van der Waals surface area (Å²) in [5.41, 5.74) is 2.22. The molecular weight excluding hydrogens is 320 g/mol. The van der Waals surface area contributed by atoms with Crippen molar-refractivity contribution in [1.29, 1.82) is 5.26 Å². The highest BCUT2D eigenvalue weighted by Crippen LogP contribution is 2.29. The molecule has 6 heteroatoms. The second kappa shape index (κ2) is 6.34. The lowest BCUT2D eigenvalue weighted by molar-refractivity contribution is 0.0686. The van der Waals surface area contributed by atoms with Gasteiger partial charge in [0.05, 0.1) is 16.7 Å². The van der Waals surface area contributed by atoms with E-state index in [0.29, 0.717) is 22.4 Å². The number of carbonyl (C=O) groups is 2. The van der Waals surface area contributed by atoms with Crippen LogP contribution in [0.5, 0.6) is 0 Å². The van der Waals surface area contributed by atoms with E-state index in [1.807, 2.05) is 0 Å². The Labute approximate surface area is 142 Å². The van der Waals surface area contributed by atoms with Gasteiger partial charge in [0.2, 0.25) is 0 Å². The molecular formula is C19H12N2O4. The average molecular weight is 332 g/mol. The first-order valence-electron chi connectivity index (χ1n) is 7.30. The maximum Gasteiger partial charge on any atom is 0.336 e. The van der Waals surface area contributed by atoms with Crippen molar-refractivity contribution in [3.63, 3.8) is 0 Å². The molecule has 0 bridgehead atoms. The molecule has 3 aromatic rings. The molecule has 25 heavy (non-hydrogen) atoms. The predicted molar refractivity (Wildman–Crippen MR) is 89.8 cm³/mol. The van der Waals surface area contributed by atoms with E-state index in [4.69, 9.17) is 5.11 Å². The Morgan fingerprint density at radius 2 is 1.56 bits per heavy atom. The molecule has 0 aliphatic rings. The quantitative estimate of drug-likeness (QED) is 0.762. The van der Waals surface area contributed by atoms with Crippen molar-refractivity contribution in [2.45, 2.75) is 0 Å². The smallest absolute Gasteiger partial charge is 0.336 e. The van der Waals surface area contributed by atoms with Crippen LogP contribution in [0.4, 0.5) is 0 Å². The van der Waals surface area contributed by atoms with Gasteiger partial charge >= 0.3 is 11.9 Å². The highest BCUT2D eigenvalue weighted by molar-refractivity contribution is 5.96. The lowest BCUT2D eigenvalue weighted by atomic mass is 9.99. The Bertz CT molecular complexity index is 1010. The number of benzene rings is 2. The lowest BCUT2D eigenvalue weighted by Gasteiger charge is -2.05. The van der Waals surface area contributed by atoms with Crippen molar-refractivity contribution in [2.24, 2.45) is 0 Å². The molecule has 0 atom stereocenters. The van der Waals surface area contributed by atoms with Crippen LogP contribution in [-0.4, -0.2) is 26.7 Å². The summed E-state index contributed by atoms with van der Waals surface area (Å²) in [5, 5.41) is 27.7. The van der Waals surface area contributed by atoms with E-state index in [1.165, 1.54) is 18.2 Å². The second-order valence-electron chi connectivity index (χ2n) is 5.31. The van der Waals surface area contributed by atoms with E-state index in [9.17, 15) is 20.0 Å². The topological polar surface area (TPSA) is 103 Å². The summed E-state index contributed by atoms with van der Waals surface area (Å²) in [4.78, 5) is 22.4. The summed E-state index contributed by atoms with van der Waals surface area (Å²) in [7, 11) is 0. The van der Waals surface area contributed by atoms with Crippen LogP contribution in [0.1, 0.15) is 26.3 Å². The molecule has 3 rings (SSSR count). The Morgan fingerprint density at radius 1 is 0.880 bits per heavy atom. The van der Waals surface area contributed by atoms with Crippen LogP contribution in [0.25, 0.3) is 16.8 Å². The van der Waals surface area contributed by atoms with Gasteiger partial charge in [-0.15, -0.1) is 0 Å². The molecule has 0 aliphatic carbocycles. The van der Waals surface area contributed by atoms with Crippen LogP contribution in [0.3, 0.4) is 0 Å². The molecule has 0 unspecified atom stereocenters. The third kappa shape index (κ3) is 2.99. The van der Waals surface area contributed by atoms with Gasteiger partial charge in [-0.05, 0) is 35.9 Å². The van der Waals surface area contributed by atoms with E-state index in [-0.39, 0.29) is 11.1 Å². The number of hydrogen-bond acceptors (Lipinski definition) is 3. The van der Waals surface area contributed by atoms with E-state index in [1.54, 1.807) is 47.3 Å². The first kappa shape index (κ1) is 16.0. The van der Waals surface area contributed by atoms with Crippen molar-refractivity contribution in [3.8, 4) is 22.9 Å². The first-order valence-corrected chi connectivity index (χ1v) is 7.30. The Morgan fingerprint density at radius 3 is 2.16 bits per heavy atom. The van der Waals surface area contributed by atoms with Gasteiger partial charge in [0.15, 0.2) is 0 Å². The van der Waals surface area contributed by atoms with Crippen molar-refractivity contribution in [1.82, 2.24) is 4.57 Å². The zero-order valence-electron chi connectivity index (χ0n) is 12.9. The number of rotatable bonds is 4. The molecule has 0 aliphatic heterocycles. The second-order valence-corrected chi connectivity index (χ2v) is 5.31. The van der Waals surface area contributed by atoms with Gasteiger partial charge in [0.25, 0.3) is 0 Å². The maximum absolute atomic E-state index is 11.4. The molecule has 6 nitrogen and oxygen atoms in total. The largest absolute Gasteiger partial charge is 0.478 e. The number of carboxylic acids is 2. The zero-order chi connectivity index (χ0) is 18.0. The fraction of sp³-hybridized carbons (Fsp3) is 0. The summed E-state index contributed by atoms with van der Waals surface area (Å²) in [6.07, 6.45) is 3.25. The summed E-state index contributed by atoms with van der Waals surface area (Å²) >= 11 is 0. The van der Waals surface area contributed by atoms with E-state index >= 15 is 0 Å². The average Bonchev–Trinajstić information content (AvgIpc) is 3.06. The molecule has 0 saturated heterocycles. The molecule has 122 valence electrons. The molecule has 0 amide bonds. The lowest BCUT2D eigenvalue weighted by Crippen LogP contribution is -1.99. The Hall–Kier alpha value is -3.85. The van der Waals surface area contributed by atoms with Gasteiger partial charge in [-0.3, -0.25) is 0 Å². The Kier molecular flexibility index (Phi) is 4.06. The van der Waals surface area contributed by atoms with Gasteiger partial charge < -0.3 is 14.8 Å². The number of hydrogen-bond donors (Lipinski definition) is 2. The molecule has 2 N–H and O–H groups in total. The SMILES string of the molecule is N#Cc1cn(-c2ccc(C(=O)O)cc2)cc1-c1ccccc1C(=O)O. The minimum absolute atomic E-state index is 0.109. The molecule has 0 radical (unpaired) electrons. The highest BCUT2D eigenvalue weighted by Gasteiger charge is 2.16. The summed E-state index contributed by atoms with van der Waals surface area (Å²) < 4.78 is 1.66. The van der Waals surface area contributed by atoms with Crippen LogP contribution < -0.4 is 0 Å². The van der Waals surface area contributed by atoms with E-state index in [2.05, 4.69) is 6.07 Å². The molecule has 0 saturated carbocycles. The zero-order valence-corrected chi connectivity index (χ0v) is 12.9. The van der Waals surface area contributed by atoms with Crippen LogP contribution in [0, 0.1) is 11.3 Å². The van der Waals surface area contributed by atoms with Gasteiger partial charge in [-0.2, -0.15) is 5.26 Å². The number of aromatic nitrogens is 1. The number of nitrogens with zero attached hydrogens (tertiary/aromatic N) is 2. The fourth-order valence-electron chi connectivity index (χ4n) is 2.59. The molecule has 0 fully saturated rings. The predicted octanol–water partition coefficient (Wildman–Crippen LogP) is 3.41. The molecule has 2 aromatic carbocycles. The van der Waals surface area contributed by atoms with Crippen molar-refractivity contribution >= 4 is 11.9 Å². The normalized spacial score (nSPS) is 10.2. The van der Waals surface area contributed by atoms with E-state index in [0.717, 1.165) is 0 Å². The monoisotopic (exact) mass is 332 g/mol. The van der Waals surface area contributed by atoms with Crippen LogP contribution in [0.2, 0.25) is 0 Å². The third-order valence-electron chi connectivity index (χ3n) is 3.81. The van der Waals surface area contributed by atoms with Gasteiger partial charge in [0, 0.05) is 23.6 Å². The van der Waals surface area contributed by atoms with Crippen LogP contribution in [-0.2, 0) is 0 Å². The minimum atomic E-state index is -1.07. The van der Waals surface area contributed by atoms with Crippen LogP contribution in [0.15, 0.2) is 60.9 Å². The molecule has 1 heterocycles. The maximum atomic E-state index is 11.4.